The Morgan fingerprint density at radius 1 is 1.36 bits per heavy atom. The van der Waals surface area contributed by atoms with E-state index in [-0.39, 0.29) is 5.41 Å². The normalized spacial score (nSPS) is 64.9. The topological polar surface area (TPSA) is 46.2 Å². The van der Waals surface area contributed by atoms with Crippen LogP contribution < -0.4 is 5.73 Å². The molecule has 2 nitrogen and oxygen atoms in total. The van der Waals surface area contributed by atoms with Gasteiger partial charge in [0.25, 0.3) is 0 Å². The minimum atomic E-state index is 0.211. The van der Waals surface area contributed by atoms with E-state index in [1.807, 2.05) is 0 Å². The average molecular weight is 153 g/mol. The maximum atomic E-state index is 9.28. The third kappa shape index (κ3) is 0.482. The van der Waals surface area contributed by atoms with Crippen molar-refractivity contribution in [2.75, 3.05) is 6.61 Å². The van der Waals surface area contributed by atoms with Crippen LogP contribution in [-0.2, 0) is 0 Å². The molecule has 0 spiro atoms. The first-order valence-electron chi connectivity index (χ1n) is 4.67. The molecule has 0 saturated heterocycles. The zero-order chi connectivity index (χ0) is 7.64. The first-order chi connectivity index (χ1) is 5.30. The Labute approximate surface area is 66.8 Å². The van der Waals surface area contributed by atoms with E-state index in [1.54, 1.807) is 0 Å². The number of hydrogen-bond acceptors (Lipinski definition) is 2. The molecule has 4 fully saturated rings. The maximum Gasteiger partial charge on any atom is 0.0507 e. The average Bonchev–Trinajstić information content (AvgIpc) is 2.65. The highest BCUT2D eigenvalue weighted by Crippen LogP contribution is 2.74. The molecular weight excluding hydrogens is 138 g/mol. The summed E-state index contributed by atoms with van der Waals surface area (Å²) < 4.78 is 0. The number of fused-ring (bicyclic) bond motifs is 1. The molecule has 4 rings (SSSR count). The zero-order valence-corrected chi connectivity index (χ0v) is 6.66. The number of hydrogen-bond donors (Lipinski definition) is 2. The molecule has 4 bridgehead atoms. The second-order valence-electron chi connectivity index (χ2n) is 4.58. The monoisotopic (exact) mass is 153 g/mol. The summed E-state index contributed by atoms with van der Waals surface area (Å²) in [5.41, 5.74) is 6.30. The summed E-state index contributed by atoms with van der Waals surface area (Å²) in [4.78, 5) is 0. The standard InChI is InChI=1S/C9H15NO/c10-8-5-1-2-6-7(3-5)9(6,8)4-11/h5-8,11H,1-4,10H2. The molecular formula is C9H15NO. The maximum absolute atomic E-state index is 9.28. The lowest BCUT2D eigenvalue weighted by Crippen LogP contribution is -2.41. The van der Waals surface area contributed by atoms with Crippen LogP contribution in [0, 0.1) is 23.2 Å². The minimum Gasteiger partial charge on any atom is -0.396 e. The second kappa shape index (κ2) is 1.64. The summed E-state index contributed by atoms with van der Waals surface area (Å²) in [6, 6.07) is 0.330. The first kappa shape index (κ1) is 6.44. The van der Waals surface area contributed by atoms with E-state index in [0.29, 0.717) is 12.6 Å². The zero-order valence-electron chi connectivity index (χ0n) is 6.66. The Balaban J connectivity index is 1.99. The van der Waals surface area contributed by atoms with E-state index in [0.717, 1.165) is 17.8 Å². The van der Waals surface area contributed by atoms with Gasteiger partial charge in [-0.05, 0) is 37.0 Å². The SMILES string of the molecule is NC1C2CCC3C(C2)C13CO. The summed E-state index contributed by atoms with van der Waals surface area (Å²) in [7, 11) is 0. The van der Waals surface area contributed by atoms with Crippen molar-refractivity contribution in [3.05, 3.63) is 0 Å². The van der Waals surface area contributed by atoms with E-state index in [2.05, 4.69) is 0 Å². The van der Waals surface area contributed by atoms with Crippen molar-refractivity contribution in [2.45, 2.75) is 25.3 Å². The molecule has 0 amide bonds. The molecule has 11 heavy (non-hydrogen) atoms. The van der Waals surface area contributed by atoms with Crippen LogP contribution in [0.4, 0.5) is 0 Å². The lowest BCUT2D eigenvalue weighted by Gasteiger charge is -2.32. The molecule has 0 radical (unpaired) electrons. The van der Waals surface area contributed by atoms with E-state index in [4.69, 9.17) is 5.73 Å². The van der Waals surface area contributed by atoms with Gasteiger partial charge in [0.15, 0.2) is 0 Å². The summed E-state index contributed by atoms with van der Waals surface area (Å²) in [5, 5.41) is 9.28. The van der Waals surface area contributed by atoms with Crippen molar-refractivity contribution < 1.29 is 5.11 Å². The third-order valence-electron chi connectivity index (χ3n) is 4.56. The molecule has 4 aliphatic rings. The number of rotatable bonds is 1. The number of aliphatic hydroxyl groups is 1. The lowest BCUT2D eigenvalue weighted by molar-refractivity contribution is 0.136. The van der Waals surface area contributed by atoms with Crippen LogP contribution in [-0.4, -0.2) is 17.8 Å². The largest absolute Gasteiger partial charge is 0.396 e. The highest BCUT2D eigenvalue weighted by atomic mass is 16.3. The Morgan fingerprint density at radius 2 is 2.18 bits per heavy atom. The fraction of sp³-hybridized carbons (Fsp3) is 1.00. The summed E-state index contributed by atoms with van der Waals surface area (Å²) in [5.74, 6) is 2.35. The molecule has 0 aliphatic heterocycles. The number of aliphatic hydroxyl groups excluding tert-OH is 1. The van der Waals surface area contributed by atoms with Crippen LogP contribution in [0.1, 0.15) is 19.3 Å². The Kier molecular flexibility index (Phi) is 0.961. The molecule has 3 N–H and O–H groups in total. The molecule has 0 aromatic rings. The minimum absolute atomic E-state index is 0.211. The molecule has 0 aromatic carbocycles. The molecule has 4 saturated carbocycles. The van der Waals surface area contributed by atoms with E-state index in [1.165, 1.54) is 19.3 Å². The Hall–Kier alpha value is -0.0800. The first-order valence-corrected chi connectivity index (χ1v) is 4.67. The molecule has 62 valence electrons. The summed E-state index contributed by atoms with van der Waals surface area (Å²) in [6.07, 6.45) is 3.97. The second-order valence-corrected chi connectivity index (χ2v) is 4.58. The highest BCUT2D eigenvalue weighted by molar-refractivity contribution is 5.24. The molecule has 0 aromatic heterocycles. The van der Waals surface area contributed by atoms with Crippen LogP contribution in [0.3, 0.4) is 0 Å². The van der Waals surface area contributed by atoms with Crippen LogP contribution in [0.5, 0.6) is 0 Å². The van der Waals surface area contributed by atoms with E-state index >= 15 is 0 Å². The van der Waals surface area contributed by atoms with Crippen LogP contribution in [0.15, 0.2) is 0 Å². The van der Waals surface area contributed by atoms with Crippen LogP contribution in [0.2, 0.25) is 0 Å². The smallest absolute Gasteiger partial charge is 0.0507 e. The summed E-state index contributed by atoms with van der Waals surface area (Å²) in [6.45, 7) is 0.347. The van der Waals surface area contributed by atoms with Gasteiger partial charge in [0.1, 0.15) is 0 Å². The van der Waals surface area contributed by atoms with E-state index < -0.39 is 0 Å². The molecule has 5 unspecified atom stereocenters. The van der Waals surface area contributed by atoms with Gasteiger partial charge in [-0.25, -0.2) is 0 Å². The highest BCUT2D eigenvalue weighted by Gasteiger charge is 2.74. The van der Waals surface area contributed by atoms with Crippen molar-refractivity contribution in [3.8, 4) is 0 Å². The van der Waals surface area contributed by atoms with Gasteiger partial charge in [-0.1, -0.05) is 0 Å². The molecule has 5 atom stereocenters. The van der Waals surface area contributed by atoms with Crippen molar-refractivity contribution in [3.63, 3.8) is 0 Å². The van der Waals surface area contributed by atoms with Crippen LogP contribution >= 0.6 is 0 Å². The molecule has 0 heterocycles. The Bertz CT molecular complexity index is 200. The lowest BCUT2D eigenvalue weighted by atomic mass is 9.78. The molecule has 2 heteroatoms. The third-order valence-corrected chi connectivity index (χ3v) is 4.56. The van der Waals surface area contributed by atoms with Crippen molar-refractivity contribution >= 4 is 0 Å². The van der Waals surface area contributed by atoms with Crippen molar-refractivity contribution in [1.29, 1.82) is 0 Å². The van der Waals surface area contributed by atoms with E-state index in [9.17, 15) is 5.11 Å². The van der Waals surface area contributed by atoms with Gasteiger partial charge in [0.2, 0.25) is 0 Å². The van der Waals surface area contributed by atoms with Gasteiger partial charge in [-0.15, -0.1) is 0 Å². The van der Waals surface area contributed by atoms with Gasteiger partial charge >= 0.3 is 0 Å². The van der Waals surface area contributed by atoms with Gasteiger partial charge < -0.3 is 10.8 Å². The number of nitrogens with two attached hydrogens (primary N) is 1. The van der Waals surface area contributed by atoms with Crippen molar-refractivity contribution in [1.82, 2.24) is 0 Å². The van der Waals surface area contributed by atoms with Gasteiger partial charge in [0, 0.05) is 11.5 Å². The van der Waals surface area contributed by atoms with Gasteiger partial charge in [0.05, 0.1) is 6.61 Å². The Morgan fingerprint density at radius 3 is 2.55 bits per heavy atom. The predicted octanol–water partition coefficient (Wildman–Crippen LogP) is 0.352. The van der Waals surface area contributed by atoms with Gasteiger partial charge in [-0.3, -0.25) is 0 Å². The van der Waals surface area contributed by atoms with Crippen LogP contribution in [0.25, 0.3) is 0 Å². The quantitative estimate of drug-likeness (QED) is 0.571. The predicted molar refractivity (Wildman–Crippen MR) is 41.8 cm³/mol. The van der Waals surface area contributed by atoms with Crippen molar-refractivity contribution in [2.24, 2.45) is 28.9 Å². The fourth-order valence-corrected chi connectivity index (χ4v) is 3.92. The molecule has 4 aliphatic carbocycles. The van der Waals surface area contributed by atoms with Gasteiger partial charge in [-0.2, -0.15) is 0 Å². The summed E-state index contributed by atoms with van der Waals surface area (Å²) >= 11 is 0. The fourth-order valence-electron chi connectivity index (χ4n) is 3.92.